The topological polar surface area (TPSA) is 130 Å². The first-order chi connectivity index (χ1) is 15.5. The molecule has 0 radical (unpaired) electrons. The van der Waals surface area contributed by atoms with E-state index in [1.807, 2.05) is 30.3 Å². The van der Waals surface area contributed by atoms with Crippen molar-refractivity contribution in [1.29, 1.82) is 0 Å². The number of benzene rings is 2. The van der Waals surface area contributed by atoms with Gasteiger partial charge in [0.05, 0.1) is 25.4 Å². The lowest BCUT2D eigenvalue weighted by Crippen LogP contribution is -2.41. The maximum absolute atomic E-state index is 13.1. The summed E-state index contributed by atoms with van der Waals surface area (Å²) in [6.07, 6.45) is 0. The van der Waals surface area contributed by atoms with Crippen LogP contribution in [-0.4, -0.2) is 55.6 Å². The molecule has 4 rings (SSSR count). The summed E-state index contributed by atoms with van der Waals surface area (Å²) < 4.78 is 15.9. The largest absolute Gasteiger partial charge is 0.465 e. The van der Waals surface area contributed by atoms with Crippen LogP contribution in [0.25, 0.3) is 0 Å². The summed E-state index contributed by atoms with van der Waals surface area (Å²) >= 11 is 0. The number of hydrogen-bond donors (Lipinski definition) is 2. The Morgan fingerprint density at radius 3 is 2.66 bits per heavy atom. The van der Waals surface area contributed by atoms with Gasteiger partial charge in [0.15, 0.2) is 6.79 Å². The average molecular weight is 442 g/mol. The zero-order chi connectivity index (χ0) is 22.7. The van der Waals surface area contributed by atoms with Crippen LogP contribution in [0, 0.1) is 0 Å². The number of nitrogens with two attached hydrogens (primary N) is 2. The van der Waals surface area contributed by atoms with Crippen molar-refractivity contribution in [2.75, 3.05) is 39.4 Å². The molecule has 10 heteroatoms. The fourth-order valence-electron chi connectivity index (χ4n) is 3.96. The second kappa shape index (κ2) is 9.43. The van der Waals surface area contributed by atoms with Gasteiger partial charge in [-0.05, 0) is 28.8 Å². The molecule has 32 heavy (non-hydrogen) atoms. The molecule has 1 saturated heterocycles. The molecule has 1 fully saturated rings. The normalized spacial score (nSPS) is 19.2. The third-order valence-corrected chi connectivity index (χ3v) is 5.48. The van der Waals surface area contributed by atoms with Crippen molar-refractivity contribution >= 4 is 17.6 Å². The number of carbonyl (C=O) groups is 2. The summed E-state index contributed by atoms with van der Waals surface area (Å²) in [7, 11) is 1.58. The van der Waals surface area contributed by atoms with E-state index in [0.717, 1.165) is 5.56 Å². The molecule has 3 amide bonds. The van der Waals surface area contributed by atoms with Gasteiger partial charge in [-0.25, -0.2) is 4.79 Å². The van der Waals surface area contributed by atoms with E-state index in [2.05, 4.69) is 0 Å². The number of hydroxylamine groups is 2. The second-order valence-corrected chi connectivity index (χ2v) is 7.52. The Morgan fingerprint density at radius 1 is 1.16 bits per heavy atom. The van der Waals surface area contributed by atoms with Gasteiger partial charge in [-0.1, -0.05) is 30.3 Å². The van der Waals surface area contributed by atoms with Crippen molar-refractivity contribution < 1.29 is 28.6 Å². The van der Waals surface area contributed by atoms with Gasteiger partial charge in [-0.2, -0.15) is 5.06 Å². The van der Waals surface area contributed by atoms with Crippen LogP contribution in [0.3, 0.4) is 0 Å². The molecule has 2 aromatic rings. The van der Waals surface area contributed by atoms with Gasteiger partial charge < -0.3 is 30.6 Å². The molecule has 4 N–H and O–H groups in total. The maximum atomic E-state index is 13.1. The number of amides is 3. The van der Waals surface area contributed by atoms with E-state index in [9.17, 15) is 9.59 Å². The first-order valence-corrected chi connectivity index (χ1v) is 10.2. The van der Waals surface area contributed by atoms with E-state index in [-0.39, 0.29) is 19.9 Å². The van der Waals surface area contributed by atoms with E-state index in [4.69, 9.17) is 30.5 Å². The molecule has 2 heterocycles. The van der Waals surface area contributed by atoms with Crippen LogP contribution < -0.4 is 16.2 Å². The fraction of sp³-hybridized carbons (Fsp3) is 0.364. The Labute approximate surface area is 185 Å². The number of methoxy groups -OCH3 is 1. The zero-order valence-corrected chi connectivity index (χ0v) is 17.7. The zero-order valence-electron chi connectivity index (χ0n) is 17.7. The first kappa shape index (κ1) is 21.9. The van der Waals surface area contributed by atoms with Crippen LogP contribution in [0.1, 0.15) is 28.8 Å². The number of ether oxygens (including phenoxy) is 3. The molecule has 2 aromatic carbocycles. The van der Waals surface area contributed by atoms with Crippen LogP contribution in [-0.2, 0) is 25.7 Å². The van der Waals surface area contributed by atoms with Gasteiger partial charge in [0, 0.05) is 7.11 Å². The second-order valence-electron chi connectivity index (χ2n) is 7.52. The summed E-state index contributed by atoms with van der Waals surface area (Å²) in [5.74, 6) is -0.251. The van der Waals surface area contributed by atoms with Crippen molar-refractivity contribution in [2.24, 2.45) is 5.73 Å². The number of fused-ring (bicyclic) bond motifs is 4. The quantitative estimate of drug-likeness (QED) is 0.325. The first-order valence-electron chi connectivity index (χ1n) is 10.2. The third kappa shape index (κ3) is 4.20. The number of urea groups is 1. The minimum Gasteiger partial charge on any atom is -0.465 e. The van der Waals surface area contributed by atoms with Crippen LogP contribution in [0.5, 0.6) is 5.75 Å². The molecular weight excluding hydrogens is 416 g/mol. The smallest absolute Gasteiger partial charge is 0.345 e. The fourth-order valence-corrected chi connectivity index (χ4v) is 3.96. The van der Waals surface area contributed by atoms with Gasteiger partial charge in [-0.15, -0.1) is 0 Å². The molecule has 0 aromatic heterocycles. The van der Waals surface area contributed by atoms with Gasteiger partial charge in [0.2, 0.25) is 5.91 Å². The molecule has 170 valence electrons. The average Bonchev–Trinajstić information content (AvgIpc) is 3.05. The highest BCUT2D eigenvalue weighted by Gasteiger charge is 2.50. The van der Waals surface area contributed by atoms with Crippen LogP contribution >= 0.6 is 0 Å². The van der Waals surface area contributed by atoms with Gasteiger partial charge >= 0.3 is 6.03 Å². The van der Waals surface area contributed by atoms with Crippen molar-refractivity contribution in [3.05, 3.63) is 59.2 Å². The van der Waals surface area contributed by atoms with Crippen molar-refractivity contribution in [3.8, 4) is 5.75 Å². The number of nitrogens with zero attached hydrogens (tertiary/aromatic N) is 2. The Kier molecular flexibility index (Phi) is 6.45. The van der Waals surface area contributed by atoms with E-state index >= 15 is 0 Å². The lowest BCUT2D eigenvalue weighted by Gasteiger charge is -2.31. The summed E-state index contributed by atoms with van der Waals surface area (Å²) in [5.41, 5.74) is 14.3. The van der Waals surface area contributed by atoms with E-state index in [1.54, 1.807) is 19.2 Å². The molecule has 2 aliphatic rings. The van der Waals surface area contributed by atoms with Crippen LogP contribution in [0.2, 0.25) is 0 Å². The minimum absolute atomic E-state index is 0.0183. The highest BCUT2D eigenvalue weighted by Crippen LogP contribution is 2.46. The van der Waals surface area contributed by atoms with Crippen LogP contribution in [0.15, 0.2) is 42.5 Å². The van der Waals surface area contributed by atoms with Gasteiger partial charge in [0.25, 0.3) is 0 Å². The van der Waals surface area contributed by atoms with Gasteiger partial charge in [0.1, 0.15) is 24.4 Å². The Hall–Kier alpha value is -3.34. The minimum atomic E-state index is -0.937. The standard InChI is InChI=1S/C22H26N4O6/c1-29-7-8-30-13-31-19-10-15-16(9-17(19)23)20(21(24)27)25-11-18(15)26(22(25)28)32-12-14-5-3-2-4-6-14/h2-6,9-10,18,20H,7-8,11-13,23H2,1H3,(H2,24,27). The molecule has 2 unspecified atom stereocenters. The maximum Gasteiger partial charge on any atom is 0.345 e. The Morgan fingerprint density at radius 2 is 1.94 bits per heavy atom. The number of hydrogen-bond acceptors (Lipinski definition) is 7. The van der Waals surface area contributed by atoms with E-state index in [1.165, 1.54) is 9.96 Å². The summed E-state index contributed by atoms with van der Waals surface area (Å²) in [4.78, 5) is 32.6. The SMILES string of the molecule is COCCOCOc1cc2c(cc1N)C(C(N)=O)N1CC2N(OCc2ccccc2)C1=O. The molecule has 2 aliphatic heterocycles. The van der Waals surface area contributed by atoms with E-state index in [0.29, 0.717) is 35.8 Å². The Bertz CT molecular complexity index is 986. The van der Waals surface area contributed by atoms with E-state index < -0.39 is 24.0 Å². The number of rotatable bonds is 10. The molecule has 10 nitrogen and oxygen atoms in total. The molecule has 0 aliphatic carbocycles. The lowest BCUT2D eigenvalue weighted by molar-refractivity contribution is -0.141. The molecule has 0 saturated carbocycles. The summed E-state index contributed by atoms with van der Waals surface area (Å²) in [5, 5.41) is 1.30. The van der Waals surface area contributed by atoms with Crippen molar-refractivity contribution in [1.82, 2.24) is 9.96 Å². The van der Waals surface area contributed by atoms with Gasteiger partial charge in [-0.3, -0.25) is 9.63 Å². The highest BCUT2D eigenvalue weighted by molar-refractivity contribution is 5.90. The number of anilines is 1. The Balaban J connectivity index is 1.59. The predicted molar refractivity (Wildman–Crippen MR) is 114 cm³/mol. The summed E-state index contributed by atoms with van der Waals surface area (Å²) in [6, 6.07) is 11.1. The number of primary amides is 1. The molecule has 0 spiro atoms. The van der Waals surface area contributed by atoms with Crippen molar-refractivity contribution in [3.63, 3.8) is 0 Å². The molecular formula is C22H26N4O6. The van der Waals surface area contributed by atoms with Crippen molar-refractivity contribution in [2.45, 2.75) is 18.7 Å². The third-order valence-electron chi connectivity index (χ3n) is 5.48. The molecule has 2 bridgehead atoms. The van der Waals surface area contributed by atoms with Crippen LogP contribution in [0.4, 0.5) is 10.5 Å². The predicted octanol–water partition coefficient (Wildman–Crippen LogP) is 1.72. The molecule has 2 atom stereocenters. The summed E-state index contributed by atoms with van der Waals surface area (Å²) in [6.45, 7) is 1.27. The number of carbonyl (C=O) groups excluding carboxylic acids is 2. The highest BCUT2D eigenvalue weighted by atomic mass is 16.7. The number of nitrogen functional groups attached to an aromatic ring is 1. The lowest BCUT2D eigenvalue weighted by atomic mass is 9.90. The monoisotopic (exact) mass is 442 g/mol.